The lowest BCUT2D eigenvalue weighted by molar-refractivity contribution is -0.118. The van der Waals surface area contributed by atoms with Crippen LogP contribution in [0.4, 0.5) is 0 Å². The molecule has 1 fully saturated rings. The number of aliphatic hydroxyl groups is 1. The van der Waals surface area contributed by atoms with Crippen molar-refractivity contribution < 1.29 is 14.6 Å². The van der Waals surface area contributed by atoms with E-state index in [-0.39, 0.29) is 24.7 Å². The molecule has 3 heterocycles. The second-order valence-electron chi connectivity index (χ2n) is 7.62. The van der Waals surface area contributed by atoms with E-state index >= 15 is 0 Å². The van der Waals surface area contributed by atoms with Crippen LogP contribution in [0.5, 0.6) is 0 Å². The molecule has 0 radical (unpaired) electrons. The van der Waals surface area contributed by atoms with Crippen molar-refractivity contribution in [3.05, 3.63) is 59.5 Å². The Morgan fingerprint density at radius 3 is 2.79 bits per heavy atom. The van der Waals surface area contributed by atoms with E-state index in [1.54, 1.807) is 6.20 Å². The molecule has 6 nitrogen and oxygen atoms in total. The number of Topliss-reactive ketones (excluding diaryl/α,β-unsaturated/α-hetero) is 1. The van der Waals surface area contributed by atoms with Gasteiger partial charge in [-0.1, -0.05) is 37.3 Å². The zero-order chi connectivity index (χ0) is 19.5. The highest BCUT2D eigenvalue weighted by molar-refractivity contribution is 5.85. The number of ketones is 1. The zero-order valence-electron chi connectivity index (χ0n) is 16.0. The normalized spacial score (nSPS) is 15.5. The van der Waals surface area contributed by atoms with Crippen molar-refractivity contribution in [1.29, 1.82) is 0 Å². The number of aromatic nitrogens is 3. The van der Waals surface area contributed by atoms with Gasteiger partial charge in [-0.15, -0.1) is 0 Å². The summed E-state index contributed by atoms with van der Waals surface area (Å²) in [7, 11) is 0. The smallest absolute Gasteiger partial charge is 0.139 e. The molecular formula is C22H25N3O3. The molecule has 0 aliphatic carbocycles. The lowest BCUT2D eigenvalue weighted by Crippen LogP contribution is -2.31. The van der Waals surface area contributed by atoms with Crippen LogP contribution in [-0.4, -0.2) is 38.9 Å². The number of rotatable bonds is 8. The summed E-state index contributed by atoms with van der Waals surface area (Å²) < 4.78 is 7.13. The van der Waals surface area contributed by atoms with E-state index in [1.807, 2.05) is 41.1 Å². The van der Waals surface area contributed by atoms with Gasteiger partial charge in [0.15, 0.2) is 0 Å². The van der Waals surface area contributed by atoms with Crippen molar-refractivity contribution in [2.75, 3.05) is 13.2 Å². The molecule has 0 saturated carbocycles. The second kappa shape index (κ2) is 8.20. The van der Waals surface area contributed by atoms with Crippen LogP contribution >= 0.6 is 0 Å². The Morgan fingerprint density at radius 2 is 2.11 bits per heavy atom. The minimum atomic E-state index is -0.175. The minimum Gasteiger partial charge on any atom is -0.390 e. The summed E-state index contributed by atoms with van der Waals surface area (Å²) in [5.74, 6) is 0.767. The van der Waals surface area contributed by atoms with Crippen LogP contribution in [0, 0.1) is 5.92 Å². The quantitative estimate of drug-likeness (QED) is 0.651. The largest absolute Gasteiger partial charge is 0.390 e. The molecule has 0 spiro atoms. The molecular weight excluding hydrogens is 354 g/mol. The second-order valence-corrected chi connectivity index (χ2v) is 7.62. The maximum Gasteiger partial charge on any atom is 0.139 e. The molecule has 0 bridgehead atoms. The molecule has 1 atom stereocenters. The Hall–Kier alpha value is -2.57. The van der Waals surface area contributed by atoms with Crippen molar-refractivity contribution in [1.82, 2.24) is 14.8 Å². The lowest BCUT2D eigenvalue weighted by atomic mass is 9.94. The van der Waals surface area contributed by atoms with Gasteiger partial charge in [0.05, 0.1) is 37.2 Å². The summed E-state index contributed by atoms with van der Waals surface area (Å²) in [6.07, 6.45) is 2.52. The van der Waals surface area contributed by atoms with Gasteiger partial charge < -0.3 is 9.84 Å². The summed E-state index contributed by atoms with van der Waals surface area (Å²) in [6, 6.07) is 12.0. The van der Waals surface area contributed by atoms with Crippen LogP contribution in [0.1, 0.15) is 36.2 Å². The number of fused-ring (bicyclic) bond motifs is 1. The molecule has 1 aliphatic heterocycles. The van der Waals surface area contributed by atoms with Crippen molar-refractivity contribution in [2.45, 2.75) is 38.8 Å². The van der Waals surface area contributed by atoms with E-state index in [4.69, 9.17) is 4.74 Å². The standard InChI is InChI=1S/C22H25N3O3/c1-15(17-5-3-2-4-6-17)7-20(27)9-19-8-18-10-23-25(11-16-13-28-14-16)22(18)21(12-26)24-19/h2-6,8,10,15-16,26H,7,9,11-14H2,1H3/t15-/m0/s1. The number of hydrogen-bond donors (Lipinski definition) is 1. The molecule has 1 aliphatic rings. The first-order valence-corrected chi connectivity index (χ1v) is 9.73. The maximum absolute atomic E-state index is 12.6. The molecule has 2 aromatic heterocycles. The van der Waals surface area contributed by atoms with Gasteiger partial charge in [-0.2, -0.15) is 5.10 Å². The molecule has 146 valence electrons. The number of aliphatic hydroxyl groups excluding tert-OH is 1. The van der Waals surface area contributed by atoms with Crippen LogP contribution in [0.2, 0.25) is 0 Å². The van der Waals surface area contributed by atoms with E-state index in [0.29, 0.717) is 23.7 Å². The topological polar surface area (TPSA) is 77.2 Å². The Kier molecular flexibility index (Phi) is 5.50. The summed E-state index contributed by atoms with van der Waals surface area (Å²) in [5, 5.41) is 15.2. The maximum atomic E-state index is 12.6. The van der Waals surface area contributed by atoms with Gasteiger partial charge in [0, 0.05) is 36.4 Å². The fraction of sp³-hybridized carbons (Fsp3) is 0.409. The SMILES string of the molecule is C[C@@H](CC(=O)Cc1cc2cnn(CC3COC3)c2c(CO)n1)c1ccccc1. The number of benzene rings is 1. The molecule has 0 amide bonds. The highest BCUT2D eigenvalue weighted by atomic mass is 16.5. The zero-order valence-corrected chi connectivity index (χ0v) is 16.0. The van der Waals surface area contributed by atoms with Gasteiger partial charge in [-0.3, -0.25) is 14.5 Å². The molecule has 28 heavy (non-hydrogen) atoms. The van der Waals surface area contributed by atoms with Crippen LogP contribution in [0.15, 0.2) is 42.6 Å². The van der Waals surface area contributed by atoms with Crippen LogP contribution in [0.3, 0.4) is 0 Å². The molecule has 1 saturated heterocycles. The lowest BCUT2D eigenvalue weighted by Gasteiger charge is -2.26. The molecule has 6 heteroatoms. The Balaban J connectivity index is 1.50. The van der Waals surface area contributed by atoms with Crippen LogP contribution in [0.25, 0.3) is 10.9 Å². The minimum absolute atomic E-state index is 0.145. The highest BCUT2D eigenvalue weighted by Gasteiger charge is 2.22. The fourth-order valence-corrected chi connectivity index (χ4v) is 3.75. The Labute approximate surface area is 164 Å². The molecule has 4 rings (SSSR count). The van der Waals surface area contributed by atoms with Crippen molar-refractivity contribution >= 4 is 16.7 Å². The number of pyridine rings is 1. The average molecular weight is 379 g/mol. The van der Waals surface area contributed by atoms with E-state index in [2.05, 4.69) is 17.0 Å². The summed E-state index contributed by atoms with van der Waals surface area (Å²) in [5.41, 5.74) is 3.28. The fourth-order valence-electron chi connectivity index (χ4n) is 3.75. The Morgan fingerprint density at radius 1 is 1.32 bits per heavy atom. The number of ether oxygens (including phenoxy) is 1. The van der Waals surface area contributed by atoms with Crippen molar-refractivity contribution in [3.63, 3.8) is 0 Å². The summed E-state index contributed by atoms with van der Waals surface area (Å²) in [4.78, 5) is 17.2. The van der Waals surface area contributed by atoms with Gasteiger partial charge >= 0.3 is 0 Å². The first-order valence-electron chi connectivity index (χ1n) is 9.73. The number of nitrogens with zero attached hydrogens (tertiary/aromatic N) is 3. The third-order valence-corrected chi connectivity index (χ3v) is 5.31. The predicted molar refractivity (Wildman–Crippen MR) is 106 cm³/mol. The molecule has 1 N–H and O–H groups in total. The number of carbonyl (C=O) groups excluding carboxylic acids is 1. The molecule has 3 aromatic rings. The molecule has 0 unspecified atom stereocenters. The van der Waals surface area contributed by atoms with Gasteiger partial charge in [0.2, 0.25) is 0 Å². The summed E-state index contributed by atoms with van der Waals surface area (Å²) >= 11 is 0. The average Bonchev–Trinajstić information content (AvgIpc) is 3.07. The molecule has 1 aromatic carbocycles. The van der Waals surface area contributed by atoms with Gasteiger partial charge in [0.25, 0.3) is 0 Å². The van der Waals surface area contributed by atoms with Crippen molar-refractivity contribution in [3.8, 4) is 0 Å². The number of carbonyl (C=O) groups is 1. The van der Waals surface area contributed by atoms with Crippen molar-refractivity contribution in [2.24, 2.45) is 5.92 Å². The van der Waals surface area contributed by atoms with Gasteiger partial charge in [0.1, 0.15) is 5.78 Å². The summed E-state index contributed by atoms with van der Waals surface area (Å²) in [6.45, 7) is 4.14. The van der Waals surface area contributed by atoms with E-state index in [1.165, 1.54) is 0 Å². The highest BCUT2D eigenvalue weighted by Crippen LogP contribution is 2.23. The van der Waals surface area contributed by atoms with E-state index < -0.39 is 0 Å². The number of hydrogen-bond acceptors (Lipinski definition) is 5. The van der Waals surface area contributed by atoms with E-state index in [0.717, 1.165) is 36.2 Å². The first-order chi connectivity index (χ1) is 13.6. The van der Waals surface area contributed by atoms with Crippen LogP contribution < -0.4 is 0 Å². The first kappa shape index (κ1) is 18.8. The van der Waals surface area contributed by atoms with E-state index in [9.17, 15) is 9.90 Å². The van der Waals surface area contributed by atoms with Crippen LogP contribution in [-0.2, 0) is 29.1 Å². The Bertz CT molecular complexity index is 964. The third-order valence-electron chi connectivity index (χ3n) is 5.31. The monoisotopic (exact) mass is 379 g/mol. The van der Waals surface area contributed by atoms with Gasteiger partial charge in [-0.25, -0.2) is 0 Å². The predicted octanol–water partition coefficient (Wildman–Crippen LogP) is 2.88. The van der Waals surface area contributed by atoms with Gasteiger partial charge in [-0.05, 0) is 17.5 Å². The third kappa shape index (κ3) is 3.98.